The van der Waals surface area contributed by atoms with E-state index >= 15 is 0 Å². The molecule has 1 aromatic heterocycles. The van der Waals surface area contributed by atoms with Gasteiger partial charge in [0.05, 0.1) is 11.1 Å². The van der Waals surface area contributed by atoms with Crippen molar-refractivity contribution in [2.75, 3.05) is 38.8 Å². The van der Waals surface area contributed by atoms with E-state index in [-0.39, 0.29) is 27.7 Å². The van der Waals surface area contributed by atoms with Gasteiger partial charge >= 0.3 is 0 Å². The number of carbonyl (C=O) groups excluding carboxylic acids is 2. The van der Waals surface area contributed by atoms with Crippen LogP contribution in [0, 0.1) is 0 Å². The number of benzene rings is 1. The van der Waals surface area contributed by atoms with E-state index in [9.17, 15) is 18.0 Å². The highest BCUT2D eigenvalue weighted by Gasteiger charge is 2.22. The molecule has 3 rings (SSSR count). The van der Waals surface area contributed by atoms with Crippen molar-refractivity contribution in [2.24, 2.45) is 5.16 Å². The normalized spacial score (nSPS) is 14.9. The predicted molar refractivity (Wildman–Crippen MR) is 131 cm³/mol. The molecule has 1 saturated carbocycles. The maximum absolute atomic E-state index is 13.0. The molecular formula is C22H29N5O5S2. The number of nitrogens with zero attached hydrogens (tertiary/aromatic N) is 3. The van der Waals surface area contributed by atoms with E-state index in [0.29, 0.717) is 23.5 Å². The van der Waals surface area contributed by atoms with Crippen molar-refractivity contribution in [1.29, 1.82) is 0 Å². The summed E-state index contributed by atoms with van der Waals surface area (Å²) in [4.78, 5) is 37.5. The van der Waals surface area contributed by atoms with Crippen molar-refractivity contribution in [3.05, 3.63) is 40.9 Å². The lowest BCUT2D eigenvalue weighted by Gasteiger charge is -2.11. The summed E-state index contributed by atoms with van der Waals surface area (Å²) in [6, 6.07) is 5.86. The molecule has 1 fully saturated rings. The molecule has 34 heavy (non-hydrogen) atoms. The van der Waals surface area contributed by atoms with Crippen LogP contribution >= 0.6 is 11.3 Å². The van der Waals surface area contributed by atoms with E-state index < -0.39 is 15.7 Å². The Balaban J connectivity index is 1.74. The molecule has 2 amide bonds. The summed E-state index contributed by atoms with van der Waals surface area (Å²) >= 11 is 1.05. The molecule has 0 aliphatic heterocycles. The molecule has 1 aliphatic rings. The van der Waals surface area contributed by atoms with Gasteiger partial charge in [0.25, 0.3) is 11.8 Å². The fraction of sp³-hybridized carbons (Fsp3) is 0.455. The van der Waals surface area contributed by atoms with E-state index in [0.717, 1.165) is 43.3 Å². The Morgan fingerprint density at radius 2 is 1.88 bits per heavy atom. The highest BCUT2D eigenvalue weighted by Crippen LogP contribution is 2.22. The van der Waals surface area contributed by atoms with Gasteiger partial charge in [-0.2, -0.15) is 0 Å². The third-order valence-corrected chi connectivity index (χ3v) is 7.20. The van der Waals surface area contributed by atoms with E-state index in [1.54, 1.807) is 0 Å². The molecule has 0 unspecified atom stereocenters. The average Bonchev–Trinajstić information content (AvgIpc) is 3.45. The van der Waals surface area contributed by atoms with Crippen molar-refractivity contribution in [3.63, 3.8) is 0 Å². The molecule has 2 N–H and O–H groups in total. The van der Waals surface area contributed by atoms with Crippen LogP contribution in [-0.2, 0) is 19.5 Å². The van der Waals surface area contributed by atoms with Gasteiger partial charge in [-0.05, 0) is 51.9 Å². The molecule has 0 spiro atoms. The first-order chi connectivity index (χ1) is 16.1. The number of aromatic nitrogens is 1. The third kappa shape index (κ3) is 7.34. The molecule has 0 radical (unpaired) electrons. The molecule has 0 saturated heterocycles. The molecule has 2 aromatic rings. The van der Waals surface area contributed by atoms with Crippen LogP contribution in [-0.4, -0.2) is 75.4 Å². The van der Waals surface area contributed by atoms with E-state index in [4.69, 9.17) is 4.84 Å². The van der Waals surface area contributed by atoms with Crippen LogP contribution in [0.1, 0.15) is 40.9 Å². The minimum Gasteiger partial charge on any atom is -0.392 e. The third-order valence-electron chi connectivity index (χ3n) is 5.16. The highest BCUT2D eigenvalue weighted by molar-refractivity contribution is 7.90. The zero-order chi connectivity index (χ0) is 24.7. The highest BCUT2D eigenvalue weighted by atomic mass is 32.2. The zero-order valence-corrected chi connectivity index (χ0v) is 21.0. The lowest BCUT2D eigenvalue weighted by atomic mass is 10.1. The molecule has 12 heteroatoms. The first kappa shape index (κ1) is 25.8. The van der Waals surface area contributed by atoms with Crippen molar-refractivity contribution in [1.82, 2.24) is 15.2 Å². The number of hydrogen-bond donors (Lipinski definition) is 2. The fourth-order valence-electron chi connectivity index (χ4n) is 3.28. The smallest absolute Gasteiger partial charge is 0.280 e. The molecular weight excluding hydrogens is 478 g/mol. The topological polar surface area (TPSA) is 130 Å². The first-order valence-corrected chi connectivity index (χ1v) is 13.6. The molecule has 184 valence electrons. The molecule has 10 nitrogen and oxygen atoms in total. The van der Waals surface area contributed by atoms with Gasteiger partial charge in [0, 0.05) is 24.9 Å². The Kier molecular flexibility index (Phi) is 8.75. The Bertz CT molecular complexity index is 1140. The molecule has 1 aliphatic carbocycles. The summed E-state index contributed by atoms with van der Waals surface area (Å²) in [6.07, 6.45) is 6.28. The fourth-order valence-corrected chi connectivity index (χ4v) is 4.64. The Morgan fingerprint density at radius 1 is 1.21 bits per heavy atom. The Morgan fingerprint density at radius 3 is 2.50 bits per heavy atom. The summed E-state index contributed by atoms with van der Waals surface area (Å²) in [5.41, 5.74) is 0.403. The number of hydrogen-bond acceptors (Lipinski definition) is 9. The largest absolute Gasteiger partial charge is 0.392 e. The molecule has 0 atom stereocenters. The Hall–Kier alpha value is -2.83. The SMILES string of the molecule is CN(C)CCNC(=O)c1cnc(NC(=O)C(=NOC2CCCC2)c2ccc(S(C)(=O)=O)cc2)s1. The van der Waals surface area contributed by atoms with Crippen LogP contribution in [0.3, 0.4) is 0 Å². The second kappa shape index (κ2) is 11.5. The zero-order valence-electron chi connectivity index (χ0n) is 19.4. The van der Waals surface area contributed by atoms with E-state index in [1.165, 1.54) is 30.5 Å². The van der Waals surface area contributed by atoms with Crippen LogP contribution in [0.5, 0.6) is 0 Å². The van der Waals surface area contributed by atoms with Crippen LogP contribution in [0.2, 0.25) is 0 Å². The number of anilines is 1. The second-order valence-electron chi connectivity index (χ2n) is 8.29. The lowest BCUT2D eigenvalue weighted by Crippen LogP contribution is -2.30. The first-order valence-electron chi connectivity index (χ1n) is 10.9. The summed E-state index contributed by atoms with van der Waals surface area (Å²) in [6.45, 7) is 1.19. The van der Waals surface area contributed by atoms with Gasteiger partial charge in [0.15, 0.2) is 20.7 Å². The number of carbonyl (C=O) groups is 2. The minimum absolute atomic E-state index is 0.000800. The number of sulfone groups is 1. The summed E-state index contributed by atoms with van der Waals surface area (Å²) in [5, 5.41) is 9.81. The van der Waals surface area contributed by atoms with Crippen molar-refractivity contribution in [2.45, 2.75) is 36.7 Å². The van der Waals surface area contributed by atoms with Crippen molar-refractivity contribution in [3.8, 4) is 0 Å². The van der Waals surface area contributed by atoms with Crippen LogP contribution < -0.4 is 10.6 Å². The quantitative estimate of drug-likeness (QED) is 0.372. The van der Waals surface area contributed by atoms with Gasteiger partial charge in [-0.15, -0.1) is 0 Å². The van der Waals surface area contributed by atoms with E-state index in [1.807, 2.05) is 19.0 Å². The van der Waals surface area contributed by atoms with Crippen molar-refractivity contribution < 1.29 is 22.8 Å². The van der Waals surface area contributed by atoms with Crippen LogP contribution in [0.4, 0.5) is 5.13 Å². The van der Waals surface area contributed by atoms with Crippen LogP contribution in [0.15, 0.2) is 40.5 Å². The van der Waals surface area contributed by atoms with Crippen molar-refractivity contribution >= 4 is 43.8 Å². The van der Waals surface area contributed by atoms with Gasteiger partial charge in [0.2, 0.25) is 0 Å². The standard InChI is InChI=1S/C22H29N5O5S2/c1-27(2)13-12-23-20(28)18-14-24-22(33-18)25-21(29)19(26-32-16-6-4-5-7-16)15-8-10-17(11-9-15)34(3,30)31/h8-11,14,16H,4-7,12-13H2,1-3H3,(H,23,28)(H,24,25,29). The number of likely N-dealkylation sites (N-methyl/N-ethyl adjacent to an activating group) is 1. The summed E-state index contributed by atoms with van der Waals surface area (Å²) < 4.78 is 23.5. The monoisotopic (exact) mass is 507 g/mol. The predicted octanol–water partition coefficient (Wildman–Crippen LogP) is 2.14. The number of rotatable bonds is 10. The summed E-state index contributed by atoms with van der Waals surface area (Å²) in [7, 11) is 0.450. The maximum atomic E-state index is 13.0. The molecule has 1 aromatic carbocycles. The van der Waals surface area contributed by atoms with Gasteiger partial charge < -0.3 is 15.1 Å². The lowest BCUT2D eigenvalue weighted by molar-refractivity contribution is -0.110. The van der Waals surface area contributed by atoms with Gasteiger partial charge in [-0.3, -0.25) is 14.9 Å². The average molecular weight is 508 g/mol. The number of nitrogens with one attached hydrogen (secondary N) is 2. The van der Waals surface area contributed by atoms with Gasteiger partial charge in [-0.1, -0.05) is 28.6 Å². The number of amides is 2. The number of oxime groups is 1. The van der Waals surface area contributed by atoms with E-state index in [2.05, 4.69) is 20.8 Å². The Labute approximate surface area is 203 Å². The summed E-state index contributed by atoms with van der Waals surface area (Å²) in [5.74, 6) is -0.839. The molecule has 1 heterocycles. The van der Waals surface area contributed by atoms with Crippen LogP contribution in [0.25, 0.3) is 0 Å². The number of thiazole rings is 1. The maximum Gasteiger partial charge on any atom is 0.280 e. The van der Waals surface area contributed by atoms with Gasteiger partial charge in [0.1, 0.15) is 11.0 Å². The second-order valence-corrected chi connectivity index (χ2v) is 11.3. The minimum atomic E-state index is -3.38. The van der Waals surface area contributed by atoms with Gasteiger partial charge in [-0.25, -0.2) is 13.4 Å². The molecule has 0 bridgehead atoms.